The van der Waals surface area contributed by atoms with Crippen molar-refractivity contribution >= 4 is 11.6 Å². The number of hydrogen-bond donors (Lipinski definition) is 0. The minimum atomic E-state index is 0.311. The predicted molar refractivity (Wildman–Crippen MR) is 69.1 cm³/mol. The fourth-order valence-electron chi connectivity index (χ4n) is 2.29. The van der Waals surface area contributed by atoms with Gasteiger partial charge >= 0.3 is 0 Å². The molecule has 3 rings (SSSR count). The summed E-state index contributed by atoms with van der Waals surface area (Å²) in [5, 5.41) is 0.311. The number of hydrogen-bond acceptors (Lipinski definition) is 2. The van der Waals surface area contributed by atoms with Gasteiger partial charge in [-0.2, -0.15) is 0 Å². The molecule has 1 aromatic carbocycles. The summed E-state index contributed by atoms with van der Waals surface area (Å²) in [5.41, 5.74) is 3.52. The van der Waals surface area contributed by atoms with Crippen molar-refractivity contribution in [3.63, 3.8) is 0 Å². The summed E-state index contributed by atoms with van der Waals surface area (Å²) in [6.45, 7) is 0. The molecule has 17 heavy (non-hydrogen) atoms. The van der Waals surface area contributed by atoms with Crippen LogP contribution in [0.3, 0.4) is 0 Å². The topological polar surface area (TPSA) is 25.8 Å². The van der Waals surface area contributed by atoms with Crippen LogP contribution in [0.1, 0.15) is 30.7 Å². The molecule has 1 heterocycles. The van der Waals surface area contributed by atoms with E-state index in [1.165, 1.54) is 30.4 Å². The average molecular weight is 245 g/mol. The first-order chi connectivity index (χ1) is 8.34. The molecule has 3 heteroatoms. The van der Waals surface area contributed by atoms with Crippen LogP contribution in [0, 0.1) is 0 Å². The van der Waals surface area contributed by atoms with E-state index in [9.17, 15) is 0 Å². The Balaban J connectivity index is 2.07. The quantitative estimate of drug-likeness (QED) is 0.745. The average Bonchev–Trinajstić information content (AvgIpc) is 2.27. The summed E-state index contributed by atoms with van der Waals surface area (Å²) in [6, 6.07) is 10.4. The molecule has 0 N–H and O–H groups in total. The van der Waals surface area contributed by atoms with E-state index in [0.29, 0.717) is 11.2 Å². The summed E-state index contributed by atoms with van der Waals surface area (Å²) < 4.78 is 0. The van der Waals surface area contributed by atoms with Gasteiger partial charge < -0.3 is 0 Å². The lowest BCUT2D eigenvalue weighted by atomic mass is 9.78. The van der Waals surface area contributed by atoms with E-state index in [0.717, 1.165) is 5.69 Å². The molecule has 2 aromatic rings. The van der Waals surface area contributed by atoms with Gasteiger partial charge in [-0.25, -0.2) is 9.97 Å². The molecule has 1 aromatic heterocycles. The Hall–Kier alpha value is -1.41. The van der Waals surface area contributed by atoms with Gasteiger partial charge in [0.2, 0.25) is 5.28 Å². The molecule has 0 amide bonds. The van der Waals surface area contributed by atoms with E-state index in [2.05, 4.69) is 28.2 Å². The van der Waals surface area contributed by atoms with Gasteiger partial charge in [0.15, 0.2) is 0 Å². The normalized spacial score (nSPS) is 15.6. The third-order valence-corrected chi connectivity index (χ3v) is 3.59. The van der Waals surface area contributed by atoms with Gasteiger partial charge in [-0.3, -0.25) is 0 Å². The first-order valence-corrected chi connectivity index (χ1v) is 6.30. The van der Waals surface area contributed by atoms with Crippen LogP contribution < -0.4 is 0 Å². The number of nitrogens with zero attached hydrogens (tertiary/aromatic N) is 2. The second-order valence-corrected chi connectivity index (χ2v) is 4.76. The SMILES string of the molecule is Clc1nccc(-c2ccccc2C2CCC2)n1. The minimum absolute atomic E-state index is 0.311. The lowest BCUT2D eigenvalue weighted by Crippen LogP contribution is -2.10. The first kappa shape index (κ1) is 10.7. The lowest BCUT2D eigenvalue weighted by molar-refractivity contribution is 0.420. The Morgan fingerprint density at radius 1 is 1.12 bits per heavy atom. The van der Waals surface area contributed by atoms with Gasteiger partial charge in [0, 0.05) is 11.8 Å². The molecule has 1 aliphatic rings. The zero-order chi connectivity index (χ0) is 11.7. The van der Waals surface area contributed by atoms with Gasteiger partial charge in [-0.15, -0.1) is 0 Å². The number of rotatable bonds is 2. The van der Waals surface area contributed by atoms with E-state index in [1.807, 2.05) is 12.1 Å². The number of benzene rings is 1. The second-order valence-electron chi connectivity index (χ2n) is 4.43. The van der Waals surface area contributed by atoms with Gasteiger partial charge in [0.1, 0.15) is 0 Å². The fraction of sp³-hybridized carbons (Fsp3) is 0.286. The molecular weight excluding hydrogens is 232 g/mol. The van der Waals surface area contributed by atoms with Crippen molar-refractivity contribution in [1.29, 1.82) is 0 Å². The monoisotopic (exact) mass is 244 g/mol. The predicted octanol–water partition coefficient (Wildman–Crippen LogP) is 4.06. The van der Waals surface area contributed by atoms with Crippen LogP contribution in [-0.4, -0.2) is 9.97 Å². The highest BCUT2D eigenvalue weighted by atomic mass is 35.5. The number of aromatic nitrogens is 2. The van der Waals surface area contributed by atoms with Crippen LogP contribution in [0.2, 0.25) is 5.28 Å². The molecule has 0 saturated heterocycles. The Bertz CT molecular complexity index is 535. The summed E-state index contributed by atoms with van der Waals surface area (Å²) >= 11 is 5.85. The molecule has 0 spiro atoms. The molecule has 86 valence electrons. The van der Waals surface area contributed by atoms with Crippen molar-refractivity contribution < 1.29 is 0 Å². The van der Waals surface area contributed by atoms with Gasteiger partial charge in [-0.1, -0.05) is 30.7 Å². The minimum Gasteiger partial charge on any atom is -0.226 e. The van der Waals surface area contributed by atoms with Crippen LogP contribution in [0.15, 0.2) is 36.5 Å². The van der Waals surface area contributed by atoms with Crippen molar-refractivity contribution in [3.8, 4) is 11.3 Å². The summed E-state index contributed by atoms with van der Waals surface area (Å²) in [4.78, 5) is 8.23. The second kappa shape index (κ2) is 4.46. The van der Waals surface area contributed by atoms with E-state index >= 15 is 0 Å². The van der Waals surface area contributed by atoms with Crippen LogP contribution in [0.4, 0.5) is 0 Å². The molecule has 1 saturated carbocycles. The van der Waals surface area contributed by atoms with Gasteiger partial charge in [-0.05, 0) is 42.0 Å². The number of halogens is 1. The van der Waals surface area contributed by atoms with Crippen molar-refractivity contribution in [2.45, 2.75) is 25.2 Å². The Labute approximate surface area is 106 Å². The van der Waals surface area contributed by atoms with E-state index in [-0.39, 0.29) is 0 Å². The molecule has 0 atom stereocenters. The molecule has 0 aliphatic heterocycles. The van der Waals surface area contributed by atoms with Gasteiger partial charge in [0.25, 0.3) is 0 Å². The molecule has 2 nitrogen and oxygen atoms in total. The van der Waals surface area contributed by atoms with Crippen molar-refractivity contribution in [2.24, 2.45) is 0 Å². The maximum atomic E-state index is 5.85. The molecule has 0 bridgehead atoms. The largest absolute Gasteiger partial charge is 0.226 e. The highest BCUT2D eigenvalue weighted by Crippen LogP contribution is 2.40. The van der Waals surface area contributed by atoms with Crippen LogP contribution >= 0.6 is 11.6 Å². The molecular formula is C14H13ClN2. The van der Waals surface area contributed by atoms with Crippen LogP contribution in [0.5, 0.6) is 0 Å². The third kappa shape index (κ3) is 2.05. The maximum Gasteiger partial charge on any atom is 0.222 e. The van der Waals surface area contributed by atoms with Gasteiger partial charge in [0.05, 0.1) is 5.69 Å². The Morgan fingerprint density at radius 2 is 1.94 bits per heavy atom. The highest BCUT2D eigenvalue weighted by Gasteiger charge is 2.22. The summed E-state index contributed by atoms with van der Waals surface area (Å²) in [5.74, 6) is 0.694. The zero-order valence-corrected chi connectivity index (χ0v) is 10.2. The third-order valence-electron chi connectivity index (χ3n) is 3.41. The first-order valence-electron chi connectivity index (χ1n) is 5.92. The highest BCUT2D eigenvalue weighted by molar-refractivity contribution is 6.28. The Kier molecular flexibility index (Phi) is 2.81. The standard InChI is InChI=1S/C14H13ClN2/c15-14-16-9-8-13(17-14)12-7-2-1-6-11(12)10-4-3-5-10/h1-2,6-10H,3-5H2. The van der Waals surface area contributed by atoms with Crippen LogP contribution in [-0.2, 0) is 0 Å². The zero-order valence-electron chi connectivity index (χ0n) is 9.44. The van der Waals surface area contributed by atoms with Crippen LogP contribution in [0.25, 0.3) is 11.3 Å². The van der Waals surface area contributed by atoms with Crippen molar-refractivity contribution in [2.75, 3.05) is 0 Å². The molecule has 0 radical (unpaired) electrons. The van der Waals surface area contributed by atoms with E-state index < -0.39 is 0 Å². The van der Waals surface area contributed by atoms with E-state index in [1.54, 1.807) is 6.20 Å². The van der Waals surface area contributed by atoms with E-state index in [4.69, 9.17) is 11.6 Å². The summed E-state index contributed by atoms with van der Waals surface area (Å²) in [7, 11) is 0. The molecule has 0 unspecified atom stereocenters. The smallest absolute Gasteiger partial charge is 0.222 e. The maximum absolute atomic E-state index is 5.85. The summed E-state index contributed by atoms with van der Waals surface area (Å²) in [6.07, 6.45) is 5.62. The molecule has 1 fully saturated rings. The Morgan fingerprint density at radius 3 is 2.65 bits per heavy atom. The molecule has 1 aliphatic carbocycles. The van der Waals surface area contributed by atoms with Crippen molar-refractivity contribution in [3.05, 3.63) is 47.4 Å². The fourth-order valence-corrected chi connectivity index (χ4v) is 2.44. The lowest BCUT2D eigenvalue weighted by Gasteiger charge is -2.27. The van der Waals surface area contributed by atoms with Crippen molar-refractivity contribution in [1.82, 2.24) is 9.97 Å².